The summed E-state index contributed by atoms with van der Waals surface area (Å²) in [6.07, 6.45) is 4.38. The Balaban J connectivity index is 1.70. The van der Waals surface area contributed by atoms with E-state index in [1.165, 1.54) is 10.9 Å². The molecule has 0 amide bonds. The van der Waals surface area contributed by atoms with E-state index in [1.54, 1.807) is 23.5 Å². The van der Waals surface area contributed by atoms with Crippen LogP contribution in [0.3, 0.4) is 0 Å². The van der Waals surface area contributed by atoms with Crippen molar-refractivity contribution in [3.8, 4) is 10.6 Å². The molecule has 5 heteroatoms. The molecule has 1 atom stereocenters. The SMILES string of the molecule is Cc1nc(-c2ccccc2F)sc1C(C)NC1CCC(CO)CC1. The number of benzene rings is 1. The fraction of sp³-hybridized carbons (Fsp3) is 0.526. The zero-order valence-corrected chi connectivity index (χ0v) is 15.1. The van der Waals surface area contributed by atoms with E-state index in [0.29, 0.717) is 24.1 Å². The van der Waals surface area contributed by atoms with E-state index in [9.17, 15) is 9.50 Å². The van der Waals surface area contributed by atoms with Crippen molar-refractivity contribution in [1.29, 1.82) is 0 Å². The molecule has 24 heavy (non-hydrogen) atoms. The molecule has 2 aromatic rings. The molecule has 1 fully saturated rings. The largest absolute Gasteiger partial charge is 0.396 e. The van der Waals surface area contributed by atoms with Crippen molar-refractivity contribution in [3.63, 3.8) is 0 Å². The highest BCUT2D eigenvalue weighted by Gasteiger charge is 2.24. The second-order valence-electron chi connectivity index (χ2n) is 6.74. The molecule has 0 bridgehead atoms. The zero-order chi connectivity index (χ0) is 17.1. The molecule has 1 aromatic carbocycles. The minimum atomic E-state index is -0.222. The molecule has 1 aliphatic rings. The van der Waals surface area contributed by atoms with Crippen molar-refractivity contribution in [2.24, 2.45) is 5.92 Å². The first-order valence-corrected chi connectivity index (χ1v) is 9.49. The van der Waals surface area contributed by atoms with Gasteiger partial charge in [-0.05, 0) is 57.6 Å². The Morgan fingerprint density at radius 2 is 2.00 bits per heavy atom. The third-order valence-electron chi connectivity index (χ3n) is 4.92. The standard InChI is InChI=1S/C19H25FN2OS/c1-12(21-15-9-7-14(11-23)8-10-15)18-13(2)22-19(24-18)16-5-3-4-6-17(16)20/h3-6,12,14-15,21,23H,7-11H2,1-2H3. The van der Waals surface area contributed by atoms with Gasteiger partial charge in [0.05, 0.1) is 5.69 Å². The molecule has 130 valence electrons. The molecular formula is C19H25FN2OS. The lowest BCUT2D eigenvalue weighted by Crippen LogP contribution is -2.35. The number of hydrogen-bond acceptors (Lipinski definition) is 4. The van der Waals surface area contributed by atoms with Crippen LogP contribution in [0.25, 0.3) is 10.6 Å². The van der Waals surface area contributed by atoms with Gasteiger partial charge in [-0.3, -0.25) is 0 Å². The Labute approximate surface area is 147 Å². The number of hydrogen-bond donors (Lipinski definition) is 2. The molecule has 0 radical (unpaired) electrons. The molecule has 2 N–H and O–H groups in total. The monoisotopic (exact) mass is 348 g/mol. The van der Waals surface area contributed by atoms with Crippen LogP contribution in [-0.2, 0) is 0 Å². The van der Waals surface area contributed by atoms with Gasteiger partial charge in [0.25, 0.3) is 0 Å². The van der Waals surface area contributed by atoms with Crippen molar-refractivity contribution >= 4 is 11.3 Å². The highest BCUT2D eigenvalue weighted by atomic mass is 32.1. The van der Waals surface area contributed by atoms with Gasteiger partial charge < -0.3 is 10.4 Å². The van der Waals surface area contributed by atoms with Crippen LogP contribution in [0.15, 0.2) is 24.3 Å². The van der Waals surface area contributed by atoms with Gasteiger partial charge in [-0.1, -0.05) is 12.1 Å². The van der Waals surface area contributed by atoms with E-state index in [2.05, 4.69) is 17.2 Å². The lowest BCUT2D eigenvalue weighted by atomic mass is 9.86. The summed E-state index contributed by atoms with van der Waals surface area (Å²) in [5.74, 6) is 0.247. The van der Waals surface area contributed by atoms with Crippen molar-refractivity contribution in [3.05, 3.63) is 40.7 Å². The molecule has 1 unspecified atom stereocenters. The lowest BCUT2D eigenvalue weighted by molar-refractivity contribution is 0.172. The topological polar surface area (TPSA) is 45.2 Å². The Morgan fingerprint density at radius 1 is 1.29 bits per heavy atom. The molecule has 0 aliphatic heterocycles. The maximum absolute atomic E-state index is 14.0. The summed E-state index contributed by atoms with van der Waals surface area (Å²) in [6.45, 7) is 4.46. The van der Waals surface area contributed by atoms with E-state index in [-0.39, 0.29) is 11.9 Å². The van der Waals surface area contributed by atoms with Crippen LogP contribution in [0, 0.1) is 18.7 Å². The first-order valence-electron chi connectivity index (χ1n) is 8.67. The van der Waals surface area contributed by atoms with Crippen LogP contribution in [0.2, 0.25) is 0 Å². The summed E-state index contributed by atoms with van der Waals surface area (Å²) in [5, 5.41) is 13.7. The molecule has 0 saturated heterocycles. The average molecular weight is 348 g/mol. The molecule has 1 aromatic heterocycles. The number of thiazole rings is 1. The molecule has 1 aliphatic carbocycles. The summed E-state index contributed by atoms with van der Waals surface area (Å²) in [7, 11) is 0. The van der Waals surface area contributed by atoms with Gasteiger partial charge in [-0.15, -0.1) is 11.3 Å². The van der Waals surface area contributed by atoms with Crippen LogP contribution >= 0.6 is 11.3 Å². The second kappa shape index (κ2) is 7.72. The summed E-state index contributed by atoms with van der Waals surface area (Å²) < 4.78 is 14.0. The van der Waals surface area contributed by atoms with Gasteiger partial charge in [0, 0.05) is 29.1 Å². The number of aryl methyl sites for hydroxylation is 1. The maximum Gasteiger partial charge on any atom is 0.133 e. The third-order valence-corrected chi connectivity index (χ3v) is 6.29. The number of nitrogens with zero attached hydrogens (tertiary/aromatic N) is 1. The smallest absolute Gasteiger partial charge is 0.133 e. The van der Waals surface area contributed by atoms with E-state index in [1.807, 2.05) is 13.0 Å². The average Bonchev–Trinajstić information content (AvgIpc) is 2.97. The van der Waals surface area contributed by atoms with Gasteiger partial charge in [0.2, 0.25) is 0 Å². The van der Waals surface area contributed by atoms with Crippen LogP contribution in [0.5, 0.6) is 0 Å². The molecule has 1 saturated carbocycles. The molecule has 0 spiro atoms. The van der Waals surface area contributed by atoms with Crippen molar-refractivity contribution in [2.45, 2.75) is 51.6 Å². The first-order chi connectivity index (χ1) is 11.6. The fourth-order valence-electron chi connectivity index (χ4n) is 3.50. The summed E-state index contributed by atoms with van der Waals surface area (Å²) >= 11 is 1.57. The lowest BCUT2D eigenvalue weighted by Gasteiger charge is -2.30. The van der Waals surface area contributed by atoms with Gasteiger partial charge in [-0.2, -0.15) is 0 Å². The highest BCUT2D eigenvalue weighted by Crippen LogP contribution is 2.34. The summed E-state index contributed by atoms with van der Waals surface area (Å²) in [5.41, 5.74) is 1.55. The molecule has 1 heterocycles. The number of nitrogens with one attached hydrogen (secondary N) is 1. The van der Waals surface area contributed by atoms with Gasteiger partial charge in [-0.25, -0.2) is 9.37 Å². The number of halogens is 1. The minimum absolute atomic E-state index is 0.207. The van der Waals surface area contributed by atoms with Crippen LogP contribution in [0.1, 0.15) is 49.2 Å². The Kier molecular flexibility index (Phi) is 5.64. The molecule has 3 nitrogen and oxygen atoms in total. The Hall–Kier alpha value is -1.30. The summed E-state index contributed by atoms with van der Waals surface area (Å²) in [6, 6.07) is 7.50. The van der Waals surface area contributed by atoms with Gasteiger partial charge in [0.15, 0.2) is 0 Å². The number of aliphatic hydroxyl groups excluding tert-OH is 1. The van der Waals surface area contributed by atoms with E-state index in [0.717, 1.165) is 36.4 Å². The van der Waals surface area contributed by atoms with Crippen LogP contribution < -0.4 is 5.32 Å². The molecule has 3 rings (SSSR count). The van der Waals surface area contributed by atoms with Crippen molar-refractivity contribution in [2.75, 3.05) is 6.61 Å². The molecular weight excluding hydrogens is 323 g/mol. The van der Waals surface area contributed by atoms with Crippen molar-refractivity contribution in [1.82, 2.24) is 10.3 Å². The van der Waals surface area contributed by atoms with E-state index >= 15 is 0 Å². The van der Waals surface area contributed by atoms with Crippen molar-refractivity contribution < 1.29 is 9.50 Å². The fourth-order valence-corrected chi connectivity index (χ4v) is 4.61. The second-order valence-corrected chi connectivity index (χ2v) is 7.77. The summed E-state index contributed by atoms with van der Waals surface area (Å²) in [4.78, 5) is 5.76. The predicted octanol–water partition coefficient (Wildman–Crippen LogP) is 4.46. The normalized spacial score (nSPS) is 22.5. The van der Waals surface area contributed by atoms with E-state index in [4.69, 9.17) is 0 Å². The van der Waals surface area contributed by atoms with Gasteiger partial charge >= 0.3 is 0 Å². The van der Waals surface area contributed by atoms with E-state index < -0.39 is 0 Å². The van der Waals surface area contributed by atoms with Crippen LogP contribution in [-0.4, -0.2) is 22.7 Å². The maximum atomic E-state index is 14.0. The predicted molar refractivity (Wildman–Crippen MR) is 96.6 cm³/mol. The zero-order valence-electron chi connectivity index (χ0n) is 14.3. The quantitative estimate of drug-likeness (QED) is 0.838. The minimum Gasteiger partial charge on any atom is -0.396 e. The third kappa shape index (κ3) is 3.85. The first kappa shape index (κ1) is 17.5. The Bertz CT molecular complexity index is 680. The number of rotatable bonds is 5. The number of aromatic nitrogens is 1. The van der Waals surface area contributed by atoms with Gasteiger partial charge in [0.1, 0.15) is 10.8 Å². The Morgan fingerprint density at radius 3 is 2.67 bits per heavy atom. The highest BCUT2D eigenvalue weighted by molar-refractivity contribution is 7.15. The number of aliphatic hydroxyl groups is 1. The van der Waals surface area contributed by atoms with Crippen LogP contribution in [0.4, 0.5) is 4.39 Å².